The van der Waals surface area contributed by atoms with Crippen LogP contribution >= 0.6 is 15.9 Å². The van der Waals surface area contributed by atoms with E-state index in [1.807, 2.05) is 24.3 Å². The lowest BCUT2D eigenvalue weighted by molar-refractivity contribution is 0.628. The van der Waals surface area contributed by atoms with Gasteiger partial charge in [-0.2, -0.15) is 5.10 Å². The Hall–Kier alpha value is -1.68. The van der Waals surface area contributed by atoms with Gasteiger partial charge >= 0.3 is 0 Å². The molecule has 4 heteroatoms. The fraction of sp³-hybridized carbons (Fsp3) is 0. The standard InChI is InChI=1S/C13H10BrFN2/c14-11-3-1-2-10(8-11)9-16-17-13-6-4-12(15)5-7-13/h1-9,17H/b16-9-. The Morgan fingerprint density at radius 1 is 1.12 bits per heavy atom. The van der Waals surface area contributed by atoms with E-state index in [0.29, 0.717) is 0 Å². The van der Waals surface area contributed by atoms with E-state index in [0.717, 1.165) is 15.7 Å². The minimum atomic E-state index is -0.258. The summed E-state index contributed by atoms with van der Waals surface area (Å²) in [6.45, 7) is 0. The van der Waals surface area contributed by atoms with E-state index >= 15 is 0 Å². The first-order chi connectivity index (χ1) is 8.24. The molecular formula is C13H10BrFN2. The predicted molar refractivity (Wildman–Crippen MR) is 71.8 cm³/mol. The minimum Gasteiger partial charge on any atom is -0.279 e. The highest BCUT2D eigenvalue weighted by Gasteiger charge is 1.91. The minimum absolute atomic E-state index is 0.258. The summed E-state index contributed by atoms with van der Waals surface area (Å²) in [7, 11) is 0. The molecule has 0 spiro atoms. The van der Waals surface area contributed by atoms with Gasteiger partial charge in [-0.1, -0.05) is 28.1 Å². The Morgan fingerprint density at radius 2 is 1.88 bits per heavy atom. The van der Waals surface area contributed by atoms with E-state index < -0.39 is 0 Å². The molecule has 0 radical (unpaired) electrons. The Bertz CT molecular complexity index is 523. The van der Waals surface area contributed by atoms with Crippen molar-refractivity contribution in [2.24, 2.45) is 5.10 Å². The summed E-state index contributed by atoms with van der Waals surface area (Å²) in [5.41, 5.74) is 4.56. The van der Waals surface area contributed by atoms with Crippen LogP contribution in [0.15, 0.2) is 58.1 Å². The van der Waals surface area contributed by atoms with Gasteiger partial charge in [-0.3, -0.25) is 5.43 Å². The third-order valence-corrected chi connectivity index (χ3v) is 2.59. The van der Waals surface area contributed by atoms with Crippen LogP contribution in [0.1, 0.15) is 5.56 Å². The van der Waals surface area contributed by atoms with Gasteiger partial charge in [0.2, 0.25) is 0 Å². The Morgan fingerprint density at radius 3 is 2.59 bits per heavy atom. The van der Waals surface area contributed by atoms with Gasteiger partial charge in [-0.05, 0) is 42.0 Å². The van der Waals surface area contributed by atoms with Crippen molar-refractivity contribution in [3.8, 4) is 0 Å². The summed E-state index contributed by atoms with van der Waals surface area (Å²) >= 11 is 3.38. The highest BCUT2D eigenvalue weighted by Crippen LogP contribution is 2.11. The summed E-state index contributed by atoms with van der Waals surface area (Å²) in [5.74, 6) is -0.258. The Kier molecular flexibility index (Phi) is 3.88. The molecule has 2 aromatic rings. The van der Waals surface area contributed by atoms with E-state index in [1.54, 1.807) is 18.3 Å². The van der Waals surface area contributed by atoms with Crippen LogP contribution in [0, 0.1) is 5.82 Å². The molecule has 17 heavy (non-hydrogen) atoms. The fourth-order valence-electron chi connectivity index (χ4n) is 1.29. The zero-order valence-electron chi connectivity index (χ0n) is 8.90. The van der Waals surface area contributed by atoms with Gasteiger partial charge in [0.25, 0.3) is 0 Å². The highest BCUT2D eigenvalue weighted by atomic mass is 79.9. The molecule has 0 amide bonds. The number of hydrogen-bond acceptors (Lipinski definition) is 2. The summed E-state index contributed by atoms with van der Waals surface area (Å²) in [5, 5.41) is 4.06. The molecular weight excluding hydrogens is 283 g/mol. The summed E-state index contributed by atoms with van der Waals surface area (Å²) < 4.78 is 13.6. The van der Waals surface area contributed by atoms with Crippen molar-refractivity contribution in [2.45, 2.75) is 0 Å². The number of anilines is 1. The average molecular weight is 293 g/mol. The third-order valence-electron chi connectivity index (χ3n) is 2.10. The SMILES string of the molecule is Fc1ccc(N/N=C\c2cccc(Br)c2)cc1. The van der Waals surface area contributed by atoms with Gasteiger partial charge in [0.1, 0.15) is 5.82 Å². The fourth-order valence-corrected chi connectivity index (χ4v) is 1.71. The molecule has 0 aliphatic heterocycles. The molecule has 0 unspecified atom stereocenters. The van der Waals surface area contributed by atoms with Crippen LogP contribution in [0.4, 0.5) is 10.1 Å². The third kappa shape index (κ3) is 3.67. The monoisotopic (exact) mass is 292 g/mol. The zero-order chi connectivity index (χ0) is 12.1. The van der Waals surface area contributed by atoms with E-state index in [2.05, 4.69) is 26.5 Å². The van der Waals surface area contributed by atoms with Crippen molar-refractivity contribution in [3.05, 3.63) is 64.4 Å². The van der Waals surface area contributed by atoms with Crippen molar-refractivity contribution in [1.82, 2.24) is 0 Å². The van der Waals surface area contributed by atoms with Gasteiger partial charge in [-0.15, -0.1) is 0 Å². The molecule has 0 bridgehead atoms. The van der Waals surface area contributed by atoms with Crippen molar-refractivity contribution >= 4 is 27.8 Å². The molecule has 0 saturated heterocycles. The van der Waals surface area contributed by atoms with Crippen LogP contribution < -0.4 is 5.43 Å². The first-order valence-electron chi connectivity index (χ1n) is 5.04. The normalized spacial score (nSPS) is 10.7. The van der Waals surface area contributed by atoms with Crippen molar-refractivity contribution in [3.63, 3.8) is 0 Å². The van der Waals surface area contributed by atoms with Gasteiger partial charge in [-0.25, -0.2) is 4.39 Å². The second-order valence-electron chi connectivity index (χ2n) is 3.43. The maximum atomic E-state index is 12.6. The maximum absolute atomic E-state index is 12.6. The van der Waals surface area contributed by atoms with Crippen molar-refractivity contribution in [1.29, 1.82) is 0 Å². The number of halogens is 2. The summed E-state index contributed by atoms with van der Waals surface area (Å²) in [4.78, 5) is 0. The Balaban J connectivity index is 2.00. The largest absolute Gasteiger partial charge is 0.279 e. The molecule has 2 nitrogen and oxygen atoms in total. The van der Waals surface area contributed by atoms with E-state index in [4.69, 9.17) is 0 Å². The maximum Gasteiger partial charge on any atom is 0.123 e. The molecule has 0 fully saturated rings. The lowest BCUT2D eigenvalue weighted by atomic mass is 10.2. The van der Waals surface area contributed by atoms with Crippen LogP contribution in [-0.2, 0) is 0 Å². The quantitative estimate of drug-likeness (QED) is 0.670. The second kappa shape index (κ2) is 5.59. The lowest BCUT2D eigenvalue weighted by Gasteiger charge is -1.99. The van der Waals surface area contributed by atoms with E-state index in [9.17, 15) is 4.39 Å². The zero-order valence-corrected chi connectivity index (χ0v) is 10.5. The van der Waals surface area contributed by atoms with Gasteiger partial charge < -0.3 is 0 Å². The van der Waals surface area contributed by atoms with Gasteiger partial charge in [0.05, 0.1) is 11.9 Å². The lowest BCUT2D eigenvalue weighted by Crippen LogP contribution is -1.90. The molecule has 0 aromatic heterocycles. The highest BCUT2D eigenvalue weighted by molar-refractivity contribution is 9.10. The Labute approximate surface area is 107 Å². The number of hydrogen-bond donors (Lipinski definition) is 1. The molecule has 0 aliphatic rings. The van der Waals surface area contributed by atoms with Gasteiger partial charge in [0.15, 0.2) is 0 Å². The van der Waals surface area contributed by atoms with Crippen LogP contribution in [0.5, 0.6) is 0 Å². The molecule has 2 rings (SSSR count). The molecule has 0 aliphatic carbocycles. The molecule has 0 atom stereocenters. The molecule has 2 aromatic carbocycles. The topological polar surface area (TPSA) is 24.4 Å². The average Bonchev–Trinajstić information content (AvgIpc) is 2.32. The first-order valence-corrected chi connectivity index (χ1v) is 5.83. The number of nitrogens with zero attached hydrogens (tertiary/aromatic N) is 1. The summed E-state index contributed by atoms with van der Waals surface area (Å²) in [6, 6.07) is 13.8. The number of nitrogens with one attached hydrogen (secondary N) is 1. The second-order valence-corrected chi connectivity index (χ2v) is 4.35. The smallest absolute Gasteiger partial charge is 0.123 e. The molecule has 86 valence electrons. The van der Waals surface area contributed by atoms with Gasteiger partial charge in [0, 0.05) is 4.47 Å². The van der Waals surface area contributed by atoms with Crippen LogP contribution in [-0.4, -0.2) is 6.21 Å². The number of hydrazone groups is 1. The van der Waals surface area contributed by atoms with E-state index in [1.165, 1.54) is 12.1 Å². The predicted octanol–water partition coefficient (Wildman–Crippen LogP) is 4.03. The number of benzene rings is 2. The molecule has 1 N–H and O–H groups in total. The van der Waals surface area contributed by atoms with Crippen molar-refractivity contribution < 1.29 is 4.39 Å². The van der Waals surface area contributed by atoms with Crippen LogP contribution in [0.2, 0.25) is 0 Å². The van der Waals surface area contributed by atoms with E-state index in [-0.39, 0.29) is 5.82 Å². The van der Waals surface area contributed by atoms with Crippen molar-refractivity contribution in [2.75, 3.05) is 5.43 Å². The first kappa shape index (κ1) is 11.8. The van der Waals surface area contributed by atoms with Crippen LogP contribution in [0.3, 0.4) is 0 Å². The number of rotatable bonds is 3. The molecule has 0 saturated carbocycles. The molecule has 0 heterocycles. The summed E-state index contributed by atoms with van der Waals surface area (Å²) in [6.07, 6.45) is 1.70. The van der Waals surface area contributed by atoms with Crippen LogP contribution in [0.25, 0.3) is 0 Å².